The predicted octanol–water partition coefficient (Wildman–Crippen LogP) is 3.32. The van der Waals surface area contributed by atoms with E-state index >= 15 is 0 Å². The molecule has 0 aromatic heterocycles. The molecular formula is C20H28BrNO5. The number of ether oxygens (including phenoxy) is 2. The maximum atomic E-state index is 12.7. The van der Waals surface area contributed by atoms with E-state index in [2.05, 4.69) is 15.9 Å². The first-order chi connectivity index (χ1) is 12.5. The van der Waals surface area contributed by atoms with Crippen molar-refractivity contribution in [1.29, 1.82) is 0 Å². The molecule has 0 aliphatic carbocycles. The summed E-state index contributed by atoms with van der Waals surface area (Å²) in [7, 11) is 0. The summed E-state index contributed by atoms with van der Waals surface area (Å²) in [5, 5.41) is -0.00895. The molecule has 0 radical (unpaired) electrons. The largest absolute Gasteiger partial charge is 0.459 e. The van der Waals surface area contributed by atoms with Crippen LogP contribution in [0.3, 0.4) is 0 Å². The number of nitrogens with zero attached hydrogens (tertiary/aromatic N) is 1. The van der Waals surface area contributed by atoms with Gasteiger partial charge in [-0.3, -0.25) is 9.59 Å². The Morgan fingerprint density at radius 3 is 2.19 bits per heavy atom. The van der Waals surface area contributed by atoms with Crippen LogP contribution in [-0.4, -0.2) is 46.3 Å². The normalized spacial score (nSPS) is 12.4. The monoisotopic (exact) mass is 441 g/mol. The number of alkyl halides is 1. The predicted molar refractivity (Wildman–Crippen MR) is 106 cm³/mol. The first kappa shape index (κ1) is 23.1. The molecule has 0 heterocycles. The fourth-order valence-corrected chi connectivity index (χ4v) is 2.83. The zero-order valence-corrected chi connectivity index (χ0v) is 18.1. The molecule has 0 aliphatic rings. The smallest absolute Gasteiger partial charge is 0.329 e. The molecule has 0 saturated heterocycles. The van der Waals surface area contributed by atoms with Crippen molar-refractivity contribution in [2.75, 3.05) is 11.9 Å². The van der Waals surface area contributed by atoms with Crippen LogP contribution in [0.5, 0.6) is 0 Å². The van der Waals surface area contributed by atoms with Crippen LogP contribution in [0.4, 0.5) is 0 Å². The third kappa shape index (κ3) is 8.12. The summed E-state index contributed by atoms with van der Waals surface area (Å²) in [4.78, 5) is 38.6. The molecule has 1 aromatic rings. The highest BCUT2D eigenvalue weighted by molar-refractivity contribution is 9.09. The van der Waals surface area contributed by atoms with Crippen molar-refractivity contribution in [3.8, 4) is 0 Å². The van der Waals surface area contributed by atoms with Crippen LogP contribution in [-0.2, 0) is 30.5 Å². The van der Waals surface area contributed by atoms with E-state index in [-0.39, 0.29) is 30.3 Å². The van der Waals surface area contributed by atoms with Gasteiger partial charge in [0.1, 0.15) is 24.8 Å². The van der Waals surface area contributed by atoms with Gasteiger partial charge in [-0.1, -0.05) is 60.1 Å². The molecule has 0 aliphatic heterocycles. The molecule has 1 atom stereocenters. The number of carbonyl (C=O) groups excluding carboxylic acids is 3. The van der Waals surface area contributed by atoms with E-state index in [1.165, 1.54) is 4.90 Å². The van der Waals surface area contributed by atoms with Gasteiger partial charge in [0, 0.05) is 0 Å². The van der Waals surface area contributed by atoms with Gasteiger partial charge < -0.3 is 14.4 Å². The second-order valence-electron chi connectivity index (χ2n) is 7.52. The van der Waals surface area contributed by atoms with Gasteiger partial charge >= 0.3 is 11.9 Å². The third-order valence-corrected chi connectivity index (χ3v) is 4.07. The Morgan fingerprint density at radius 1 is 1.11 bits per heavy atom. The highest BCUT2D eigenvalue weighted by atomic mass is 79.9. The van der Waals surface area contributed by atoms with Gasteiger partial charge in [0.15, 0.2) is 0 Å². The fraction of sp³-hybridized carbons (Fsp3) is 0.550. The first-order valence-electron chi connectivity index (χ1n) is 8.83. The maximum Gasteiger partial charge on any atom is 0.329 e. The van der Waals surface area contributed by atoms with E-state index in [1.54, 1.807) is 34.6 Å². The molecule has 0 spiro atoms. The lowest BCUT2D eigenvalue weighted by Gasteiger charge is -2.32. The molecule has 0 fully saturated rings. The third-order valence-electron chi connectivity index (χ3n) is 3.59. The first-order valence-corrected chi connectivity index (χ1v) is 9.95. The lowest BCUT2D eigenvalue weighted by molar-refractivity contribution is -0.165. The van der Waals surface area contributed by atoms with Crippen molar-refractivity contribution < 1.29 is 23.9 Å². The minimum absolute atomic E-state index is 0.00895. The minimum Gasteiger partial charge on any atom is -0.459 e. The van der Waals surface area contributed by atoms with Crippen molar-refractivity contribution in [3.05, 3.63) is 35.9 Å². The average molecular weight is 442 g/mol. The number of halogens is 1. The van der Waals surface area contributed by atoms with Crippen LogP contribution in [0.1, 0.15) is 40.2 Å². The Morgan fingerprint density at radius 2 is 1.70 bits per heavy atom. The molecule has 1 unspecified atom stereocenters. The number of hydrogen-bond acceptors (Lipinski definition) is 5. The number of hydrogen-bond donors (Lipinski definition) is 0. The fourth-order valence-electron chi connectivity index (χ4n) is 2.50. The molecule has 0 bridgehead atoms. The standard InChI is InChI=1S/C20H28BrNO5/c1-14(2)18(19(25)26-13-15-9-7-6-8-10-15)22(16(23)11-21)12-17(24)27-20(3,4)5/h6-10,14,18H,11-13H2,1-5H3. The Hall–Kier alpha value is -1.89. The van der Waals surface area contributed by atoms with Gasteiger partial charge in [0.2, 0.25) is 5.91 Å². The van der Waals surface area contributed by atoms with Crippen LogP contribution >= 0.6 is 15.9 Å². The van der Waals surface area contributed by atoms with Crippen LogP contribution in [0.15, 0.2) is 30.3 Å². The molecule has 27 heavy (non-hydrogen) atoms. The van der Waals surface area contributed by atoms with E-state index in [9.17, 15) is 14.4 Å². The molecule has 1 rings (SSSR count). The Kier molecular flexibility index (Phi) is 8.96. The zero-order chi connectivity index (χ0) is 20.6. The summed E-state index contributed by atoms with van der Waals surface area (Å²) in [6.07, 6.45) is 0. The molecule has 150 valence electrons. The van der Waals surface area contributed by atoms with Crippen LogP contribution in [0.2, 0.25) is 0 Å². The lowest BCUT2D eigenvalue weighted by Crippen LogP contribution is -2.52. The van der Waals surface area contributed by atoms with Gasteiger partial charge in [-0.2, -0.15) is 0 Å². The Bertz CT molecular complexity index is 640. The quantitative estimate of drug-likeness (QED) is 0.456. The summed E-state index contributed by atoms with van der Waals surface area (Å²) in [6.45, 7) is 8.63. The van der Waals surface area contributed by atoms with Gasteiger partial charge in [-0.25, -0.2) is 4.79 Å². The van der Waals surface area contributed by atoms with Gasteiger partial charge in [0.05, 0.1) is 5.33 Å². The van der Waals surface area contributed by atoms with Gasteiger partial charge in [-0.05, 0) is 32.3 Å². The van der Waals surface area contributed by atoms with Crippen LogP contribution in [0, 0.1) is 5.92 Å². The topological polar surface area (TPSA) is 72.9 Å². The summed E-state index contributed by atoms with van der Waals surface area (Å²) >= 11 is 3.11. The Labute approximate surface area is 169 Å². The average Bonchev–Trinajstić information content (AvgIpc) is 2.57. The second kappa shape index (κ2) is 10.4. The van der Waals surface area contributed by atoms with E-state index < -0.39 is 23.6 Å². The number of benzene rings is 1. The number of amides is 1. The lowest BCUT2D eigenvalue weighted by atomic mass is 10.0. The van der Waals surface area contributed by atoms with Crippen molar-refractivity contribution in [3.63, 3.8) is 0 Å². The van der Waals surface area contributed by atoms with Crippen molar-refractivity contribution in [2.24, 2.45) is 5.92 Å². The summed E-state index contributed by atoms with van der Waals surface area (Å²) in [5.41, 5.74) is 0.167. The summed E-state index contributed by atoms with van der Waals surface area (Å²) in [5.74, 6) is -1.74. The van der Waals surface area contributed by atoms with E-state index in [4.69, 9.17) is 9.47 Å². The number of esters is 2. The van der Waals surface area contributed by atoms with Crippen molar-refractivity contribution in [1.82, 2.24) is 4.90 Å². The Balaban J connectivity index is 2.93. The van der Waals surface area contributed by atoms with Crippen LogP contribution < -0.4 is 0 Å². The number of carbonyl (C=O) groups is 3. The number of rotatable bonds is 8. The summed E-state index contributed by atoms with van der Waals surface area (Å²) in [6, 6.07) is 8.39. The van der Waals surface area contributed by atoms with Crippen molar-refractivity contribution >= 4 is 33.8 Å². The molecular weight excluding hydrogens is 414 g/mol. The summed E-state index contributed by atoms with van der Waals surface area (Å²) < 4.78 is 10.7. The van der Waals surface area contributed by atoms with Crippen LogP contribution in [0.25, 0.3) is 0 Å². The molecule has 1 aromatic carbocycles. The van der Waals surface area contributed by atoms with E-state index in [0.29, 0.717) is 0 Å². The van der Waals surface area contributed by atoms with Gasteiger partial charge in [0.25, 0.3) is 0 Å². The molecule has 7 heteroatoms. The molecule has 0 saturated carbocycles. The SMILES string of the molecule is CC(C)C(C(=O)OCc1ccccc1)N(CC(=O)OC(C)(C)C)C(=O)CBr. The van der Waals surface area contributed by atoms with Crippen molar-refractivity contribution in [2.45, 2.75) is 52.9 Å². The molecule has 0 N–H and O–H groups in total. The molecule has 1 amide bonds. The second-order valence-corrected chi connectivity index (χ2v) is 8.08. The zero-order valence-electron chi connectivity index (χ0n) is 16.5. The minimum atomic E-state index is -0.883. The molecule has 6 nitrogen and oxygen atoms in total. The van der Waals surface area contributed by atoms with Gasteiger partial charge in [-0.15, -0.1) is 0 Å². The van der Waals surface area contributed by atoms with E-state index in [1.807, 2.05) is 30.3 Å². The highest BCUT2D eigenvalue weighted by Gasteiger charge is 2.35. The van der Waals surface area contributed by atoms with E-state index in [0.717, 1.165) is 5.56 Å². The highest BCUT2D eigenvalue weighted by Crippen LogP contribution is 2.17. The maximum absolute atomic E-state index is 12.7.